The lowest BCUT2D eigenvalue weighted by Crippen LogP contribution is -2.24. The molecular formula is C20H29NO3. The van der Waals surface area contributed by atoms with Gasteiger partial charge in [0.25, 0.3) is 0 Å². The Kier molecular flexibility index (Phi) is 6.71. The largest absolute Gasteiger partial charge is 0.493 e. The summed E-state index contributed by atoms with van der Waals surface area (Å²) in [7, 11) is 1.41. The van der Waals surface area contributed by atoms with Gasteiger partial charge in [-0.25, -0.2) is 4.79 Å². The molecule has 4 nitrogen and oxygen atoms in total. The molecule has 0 saturated carbocycles. The summed E-state index contributed by atoms with van der Waals surface area (Å²) in [4.78, 5) is 14.5. The minimum atomic E-state index is -0.343. The van der Waals surface area contributed by atoms with Crippen molar-refractivity contribution < 1.29 is 14.3 Å². The Morgan fingerprint density at radius 2 is 1.83 bits per heavy atom. The lowest BCUT2D eigenvalue weighted by Gasteiger charge is -2.25. The maximum Gasteiger partial charge on any atom is 0.341 e. The smallest absolute Gasteiger partial charge is 0.341 e. The highest BCUT2D eigenvalue weighted by atomic mass is 16.5. The third-order valence-electron chi connectivity index (χ3n) is 4.20. The van der Waals surface area contributed by atoms with Crippen molar-refractivity contribution in [1.82, 2.24) is 4.90 Å². The zero-order chi connectivity index (χ0) is 17.5. The van der Waals surface area contributed by atoms with E-state index in [0.717, 1.165) is 44.3 Å². The first-order chi connectivity index (χ1) is 11.6. The summed E-state index contributed by atoms with van der Waals surface area (Å²) in [6.07, 6.45) is 6.27. The highest BCUT2D eigenvalue weighted by Gasteiger charge is 2.22. The van der Waals surface area contributed by atoms with Gasteiger partial charge in [-0.05, 0) is 48.6 Å². The SMILES string of the molecule is CCCOc1cc2c(cc1C(=O)OC)C=C(N(CCC)CCC)C2. The summed E-state index contributed by atoms with van der Waals surface area (Å²) in [6.45, 7) is 9.20. The number of methoxy groups -OCH3 is 1. The second-order valence-electron chi connectivity index (χ2n) is 6.19. The lowest BCUT2D eigenvalue weighted by molar-refractivity contribution is 0.0596. The number of ether oxygens (including phenoxy) is 2. The molecule has 0 spiro atoms. The number of nitrogens with zero attached hydrogens (tertiary/aromatic N) is 1. The number of allylic oxidation sites excluding steroid dienone is 1. The minimum absolute atomic E-state index is 0.343. The van der Waals surface area contributed by atoms with Crippen LogP contribution in [-0.4, -0.2) is 37.7 Å². The third-order valence-corrected chi connectivity index (χ3v) is 4.20. The van der Waals surface area contributed by atoms with E-state index < -0.39 is 0 Å². The van der Waals surface area contributed by atoms with Gasteiger partial charge in [-0.2, -0.15) is 0 Å². The Morgan fingerprint density at radius 3 is 2.42 bits per heavy atom. The summed E-state index contributed by atoms with van der Waals surface area (Å²) < 4.78 is 10.7. The van der Waals surface area contributed by atoms with E-state index in [1.165, 1.54) is 18.4 Å². The van der Waals surface area contributed by atoms with Crippen molar-refractivity contribution in [2.24, 2.45) is 0 Å². The fourth-order valence-electron chi connectivity index (χ4n) is 3.09. The summed E-state index contributed by atoms with van der Waals surface area (Å²) in [5.41, 5.74) is 4.17. The predicted molar refractivity (Wildman–Crippen MR) is 97.4 cm³/mol. The maximum absolute atomic E-state index is 12.1. The van der Waals surface area contributed by atoms with Crippen molar-refractivity contribution in [3.63, 3.8) is 0 Å². The molecule has 0 aromatic heterocycles. The number of esters is 1. The monoisotopic (exact) mass is 331 g/mol. The molecule has 0 unspecified atom stereocenters. The van der Waals surface area contributed by atoms with E-state index in [-0.39, 0.29) is 5.97 Å². The van der Waals surface area contributed by atoms with Crippen molar-refractivity contribution in [2.75, 3.05) is 26.8 Å². The van der Waals surface area contributed by atoms with Crippen molar-refractivity contribution in [2.45, 2.75) is 46.5 Å². The first-order valence-electron chi connectivity index (χ1n) is 8.98. The molecule has 0 aliphatic heterocycles. The van der Waals surface area contributed by atoms with Crippen LogP contribution < -0.4 is 4.74 Å². The number of carbonyl (C=O) groups excluding carboxylic acids is 1. The number of benzene rings is 1. The molecule has 0 fully saturated rings. The van der Waals surface area contributed by atoms with Crippen LogP contribution in [0.2, 0.25) is 0 Å². The highest BCUT2D eigenvalue weighted by Crippen LogP contribution is 2.33. The van der Waals surface area contributed by atoms with Crippen molar-refractivity contribution in [3.05, 3.63) is 34.5 Å². The molecule has 2 rings (SSSR count). The molecule has 132 valence electrons. The molecule has 1 aromatic rings. The van der Waals surface area contributed by atoms with Crippen LogP contribution in [0.3, 0.4) is 0 Å². The van der Waals surface area contributed by atoms with E-state index in [1.54, 1.807) is 0 Å². The van der Waals surface area contributed by atoms with Gasteiger partial charge in [-0.3, -0.25) is 0 Å². The maximum atomic E-state index is 12.1. The van der Waals surface area contributed by atoms with Crippen molar-refractivity contribution in [3.8, 4) is 5.75 Å². The topological polar surface area (TPSA) is 38.8 Å². The molecule has 0 heterocycles. The molecule has 0 radical (unpaired) electrons. The van der Waals surface area contributed by atoms with E-state index in [4.69, 9.17) is 9.47 Å². The number of rotatable bonds is 9. The van der Waals surface area contributed by atoms with Gasteiger partial charge in [-0.1, -0.05) is 20.8 Å². The van der Waals surface area contributed by atoms with E-state index in [2.05, 4.69) is 31.7 Å². The molecule has 1 aliphatic rings. The Labute approximate surface area is 145 Å². The van der Waals surface area contributed by atoms with Crippen LogP contribution in [0.5, 0.6) is 5.75 Å². The summed E-state index contributed by atoms with van der Waals surface area (Å²) in [5, 5.41) is 0. The molecule has 0 bridgehead atoms. The first-order valence-corrected chi connectivity index (χ1v) is 8.98. The van der Waals surface area contributed by atoms with Gasteiger partial charge >= 0.3 is 5.97 Å². The first kappa shape index (κ1) is 18.4. The van der Waals surface area contributed by atoms with Gasteiger partial charge in [0.1, 0.15) is 11.3 Å². The van der Waals surface area contributed by atoms with Gasteiger partial charge in [0, 0.05) is 25.2 Å². The molecule has 0 N–H and O–H groups in total. The van der Waals surface area contributed by atoms with Gasteiger partial charge in [0.15, 0.2) is 0 Å². The second-order valence-corrected chi connectivity index (χ2v) is 6.19. The number of fused-ring (bicyclic) bond motifs is 1. The van der Waals surface area contributed by atoms with Gasteiger partial charge < -0.3 is 14.4 Å². The summed E-state index contributed by atoms with van der Waals surface area (Å²) in [5.74, 6) is 0.291. The Bertz CT molecular complexity index is 601. The molecule has 0 saturated heterocycles. The van der Waals surface area contributed by atoms with Crippen LogP contribution in [0.15, 0.2) is 17.8 Å². The van der Waals surface area contributed by atoms with E-state index in [1.807, 2.05) is 12.1 Å². The molecule has 0 atom stereocenters. The van der Waals surface area contributed by atoms with Crippen molar-refractivity contribution >= 4 is 12.0 Å². The predicted octanol–water partition coefficient (Wildman–Crippen LogP) is 4.28. The molecular weight excluding hydrogens is 302 g/mol. The van der Waals surface area contributed by atoms with E-state index in [0.29, 0.717) is 17.9 Å². The number of hydrogen-bond donors (Lipinski definition) is 0. The molecule has 1 aromatic carbocycles. The number of hydrogen-bond acceptors (Lipinski definition) is 4. The number of carbonyl (C=O) groups is 1. The van der Waals surface area contributed by atoms with Crippen LogP contribution in [0.4, 0.5) is 0 Å². The molecule has 4 heteroatoms. The zero-order valence-electron chi connectivity index (χ0n) is 15.4. The van der Waals surface area contributed by atoms with Gasteiger partial charge in [-0.15, -0.1) is 0 Å². The van der Waals surface area contributed by atoms with E-state index in [9.17, 15) is 4.79 Å². The van der Waals surface area contributed by atoms with Crippen LogP contribution in [-0.2, 0) is 11.2 Å². The lowest BCUT2D eigenvalue weighted by atomic mass is 10.0. The molecule has 24 heavy (non-hydrogen) atoms. The van der Waals surface area contributed by atoms with E-state index >= 15 is 0 Å². The van der Waals surface area contributed by atoms with Crippen LogP contribution in [0.25, 0.3) is 6.08 Å². The zero-order valence-corrected chi connectivity index (χ0v) is 15.4. The molecule has 0 amide bonds. The van der Waals surface area contributed by atoms with Crippen LogP contribution >= 0.6 is 0 Å². The van der Waals surface area contributed by atoms with Crippen molar-refractivity contribution in [1.29, 1.82) is 0 Å². The fraction of sp³-hybridized carbons (Fsp3) is 0.550. The highest BCUT2D eigenvalue weighted by molar-refractivity contribution is 5.94. The second kappa shape index (κ2) is 8.76. The van der Waals surface area contributed by atoms with Crippen LogP contribution in [0.1, 0.15) is 61.5 Å². The van der Waals surface area contributed by atoms with Gasteiger partial charge in [0.2, 0.25) is 0 Å². The van der Waals surface area contributed by atoms with Crippen LogP contribution in [0, 0.1) is 0 Å². The normalized spacial score (nSPS) is 12.6. The average molecular weight is 331 g/mol. The Morgan fingerprint density at radius 1 is 1.12 bits per heavy atom. The third kappa shape index (κ3) is 4.11. The quantitative estimate of drug-likeness (QED) is 0.633. The minimum Gasteiger partial charge on any atom is -0.493 e. The average Bonchev–Trinajstić information content (AvgIpc) is 3.01. The summed E-state index contributed by atoms with van der Waals surface area (Å²) >= 11 is 0. The Balaban J connectivity index is 2.31. The fourth-order valence-corrected chi connectivity index (χ4v) is 3.09. The van der Waals surface area contributed by atoms with Gasteiger partial charge in [0.05, 0.1) is 13.7 Å². The summed E-state index contributed by atoms with van der Waals surface area (Å²) in [6, 6.07) is 3.92. The standard InChI is InChI=1S/C20H29NO3/c1-5-8-21(9-6-2)17-11-15-13-18(20(22)23-4)19(24-10-7-3)14-16(15)12-17/h11,13-14H,5-10,12H2,1-4H3. The Hall–Kier alpha value is -1.97. The molecule has 1 aliphatic carbocycles.